The molecular weight excluding hydrogens is 434 g/mol. The molecule has 3 aromatic carbocycles. The molecule has 1 aliphatic heterocycles. The summed E-state index contributed by atoms with van der Waals surface area (Å²) >= 11 is 6.27. The van der Waals surface area contributed by atoms with E-state index < -0.39 is 0 Å². The molecule has 6 heteroatoms. The summed E-state index contributed by atoms with van der Waals surface area (Å²) in [7, 11) is 0. The van der Waals surface area contributed by atoms with Gasteiger partial charge in [-0.25, -0.2) is 4.98 Å². The highest BCUT2D eigenvalue weighted by Gasteiger charge is 2.33. The minimum Gasteiger partial charge on any atom is -0.508 e. The van der Waals surface area contributed by atoms with Crippen molar-refractivity contribution in [1.29, 1.82) is 0 Å². The number of carbonyl (C=O) groups excluding carboxylic acids is 1. The molecule has 2 heterocycles. The second kappa shape index (κ2) is 9.12. The third-order valence-corrected chi connectivity index (χ3v) is 6.44. The zero-order valence-electron chi connectivity index (χ0n) is 18.1. The Morgan fingerprint density at radius 3 is 2.67 bits per heavy atom. The molecule has 5 rings (SSSR count). The van der Waals surface area contributed by atoms with Crippen molar-refractivity contribution in [3.05, 3.63) is 113 Å². The summed E-state index contributed by atoms with van der Waals surface area (Å²) in [5.74, 6) is 1.00. The summed E-state index contributed by atoms with van der Waals surface area (Å²) in [6.07, 6.45) is 5.30. The SMILES string of the molecule is O=C(CCc1nccn1-c1ccccc1)N1CCc2ccccc2C1c1cc(Cl)ccc1O. The zero-order chi connectivity index (χ0) is 22.8. The van der Waals surface area contributed by atoms with Crippen molar-refractivity contribution in [2.75, 3.05) is 6.54 Å². The van der Waals surface area contributed by atoms with E-state index in [4.69, 9.17) is 11.6 Å². The number of halogens is 1. The van der Waals surface area contributed by atoms with Gasteiger partial charge in [-0.1, -0.05) is 54.1 Å². The van der Waals surface area contributed by atoms with Gasteiger partial charge in [-0.3, -0.25) is 4.79 Å². The number of phenols is 1. The lowest BCUT2D eigenvalue weighted by atomic mass is 9.87. The van der Waals surface area contributed by atoms with E-state index in [9.17, 15) is 9.90 Å². The Kier molecular flexibility index (Phi) is 5.88. The number of imidazole rings is 1. The topological polar surface area (TPSA) is 58.4 Å². The third kappa shape index (κ3) is 4.24. The quantitative estimate of drug-likeness (QED) is 0.440. The van der Waals surface area contributed by atoms with Crippen LogP contribution in [0.3, 0.4) is 0 Å². The van der Waals surface area contributed by atoms with Crippen LogP contribution in [-0.2, 0) is 17.6 Å². The van der Waals surface area contributed by atoms with Crippen LogP contribution in [0.4, 0.5) is 0 Å². The van der Waals surface area contributed by atoms with Gasteiger partial charge in [-0.2, -0.15) is 0 Å². The Labute approximate surface area is 197 Å². The zero-order valence-corrected chi connectivity index (χ0v) is 18.8. The number of carbonyl (C=O) groups is 1. The fourth-order valence-corrected chi connectivity index (χ4v) is 4.80. The molecule has 1 N–H and O–H groups in total. The standard InChI is InChI=1S/C27H24ClN3O2/c28-20-10-11-24(32)23(18-20)27-22-9-5-4-6-19(22)14-16-31(27)26(33)13-12-25-29-15-17-30(25)21-7-2-1-3-8-21/h1-11,15,17-18,27,32H,12-14,16H2. The van der Waals surface area contributed by atoms with Crippen LogP contribution in [-0.4, -0.2) is 32.0 Å². The summed E-state index contributed by atoms with van der Waals surface area (Å²) in [5.41, 5.74) is 3.88. The van der Waals surface area contributed by atoms with E-state index in [0.29, 0.717) is 30.0 Å². The lowest BCUT2D eigenvalue weighted by Crippen LogP contribution is -2.40. The number of phenolic OH excluding ortho intramolecular Hbond substituents is 1. The first-order valence-electron chi connectivity index (χ1n) is 11.0. The Morgan fingerprint density at radius 2 is 1.82 bits per heavy atom. The van der Waals surface area contributed by atoms with Gasteiger partial charge in [0.15, 0.2) is 0 Å². The van der Waals surface area contributed by atoms with Crippen LogP contribution in [0.15, 0.2) is 85.2 Å². The van der Waals surface area contributed by atoms with Crippen molar-refractivity contribution in [2.24, 2.45) is 0 Å². The highest BCUT2D eigenvalue weighted by Crippen LogP contribution is 2.40. The maximum Gasteiger partial charge on any atom is 0.223 e. The first kappa shape index (κ1) is 21.3. The normalized spacial score (nSPS) is 15.3. The molecule has 1 atom stereocenters. The Bertz CT molecular complexity index is 1290. The highest BCUT2D eigenvalue weighted by atomic mass is 35.5. The molecule has 5 nitrogen and oxygen atoms in total. The molecule has 166 valence electrons. The van der Waals surface area contributed by atoms with Gasteiger partial charge < -0.3 is 14.6 Å². The van der Waals surface area contributed by atoms with Gasteiger partial charge in [0.25, 0.3) is 0 Å². The van der Waals surface area contributed by atoms with Crippen LogP contribution in [0.1, 0.15) is 35.0 Å². The van der Waals surface area contributed by atoms with E-state index in [1.807, 2.05) is 64.2 Å². The van der Waals surface area contributed by atoms with Gasteiger partial charge in [-0.05, 0) is 47.9 Å². The monoisotopic (exact) mass is 457 g/mol. The van der Waals surface area contributed by atoms with Crippen molar-refractivity contribution < 1.29 is 9.90 Å². The first-order valence-corrected chi connectivity index (χ1v) is 11.4. The van der Waals surface area contributed by atoms with Crippen LogP contribution < -0.4 is 0 Å². The lowest BCUT2D eigenvalue weighted by Gasteiger charge is -2.38. The van der Waals surface area contributed by atoms with Crippen molar-refractivity contribution in [3.63, 3.8) is 0 Å². The Hall–Kier alpha value is -3.57. The molecule has 1 unspecified atom stereocenters. The number of aromatic hydroxyl groups is 1. The van der Waals surface area contributed by atoms with Crippen LogP contribution in [0.2, 0.25) is 5.02 Å². The molecule has 0 saturated heterocycles. The average Bonchev–Trinajstić information content (AvgIpc) is 3.32. The lowest BCUT2D eigenvalue weighted by molar-refractivity contribution is -0.133. The predicted octanol–water partition coefficient (Wildman–Crippen LogP) is 5.34. The average molecular weight is 458 g/mol. The summed E-state index contributed by atoms with van der Waals surface area (Å²) < 4.78 is 2.01. The summed E-state index contributed by atoms with van der Waals surface area (Å²) in [4.78, 5) is 19.9. The number of benzene rings is 3. The molecule has 0 aliphatic carbocycles. The molecule has 0 spiro atoms. The number of amides is 1. The van der Waals surface area contributed by atoms with Crippen LogP contribution in [0.5, 0.6) is 5.75 Å². The number of para-hydroxylation sites is 1. The van der Waals surface area contributed by atoms with E-state index in [1.54, 1.807) is 24.4 Å². The summed E-state index contributed by atoms with van der Waals surface area (Å²) in [5, 5.41) is 11.2. The number of nitrogens with zero attached hydrogens (tertiary/aromatic N) is 3. The molecule has 1 aromatic heterocycles. The molecule has 0 saturated carbocycles. The van der Waals surface area contributed by atoms with Crippen molar-refractivity contribution in [2.45, 2.75) is 25.3 Å². The largest absolute Gasteiger partial charge is 0.508 e. The maximum absolute atomic E-state index is 13.5. The molecule has 0 radical (unpaired) electrons. The van der Waals surface area contributed by atoms with Crippen LogP contribution in [0.25, 0.3) is 5.69 Å². The Balaban J connectivity index is 1.43. The fourth-order valence-electron chi connectivity index (χ4n) is 4.62. The third-order valence-electron chi connectivity index (χ3n) is 6.20. The fraction of sp³-hybridized carbons (Fsp3) is 0.185. The van der Waals surface area contributed by atoms with E-state index >= 15 is 0 Å². The molecule has 1 aliphatic rings. The summed E-state index contributed by atoms with van der Waals surface area (Å²) in [6.45, 7) is 0.583. The number of rotatable bonds is 5. The van der Waals surface area contributed by atoms with Gasteiger partial charge in [0.2, 0.25) is 5.91 Å². The molecule has 0 fully saturated rings. The molecule has 1 amide bonds. The second-order valence-electron chi connectivity index (χ2n) is 8.19. The number of aryl methyl sites for hydroxylation is 1. The van der Waals surface area contributed by atoms with E-state index in [2.05, 4.69) is 11.1 Å². The van der Waals surface area contributed by atoms with Crippen LogP contribution in [0, 0.1) is 0 Å². The Morgan fingerprint density at radius 1 is 1.03 bits per heavy atom. The van der Waals surface area contributed by atoms with Gasteiger partial charge in [0, 0.05) is 48.1 Å². The number of hydrogen-bond donors (Lipinski definition) is 1. The van der Waals surface area contributed by atoms with Crippen molar-refractivity contribution in [1.82, 2.24) is 14.5 Å². The van der Waals surface area contributed by atoms with Gasteiger partial charge in [0.1, 0.15) is 11.6 Å². The molecule has 0 bridgehead atoms. The predicted molar refractivity (Wildman–Crippen MR) is 129 cm³/mol. The van der Waals surface area contributed by atoms with Gasteiger partial charge in [0.05, 0.1) is 6.04 Å². The summed E-state index contributed by atoms with van der Waals surface area (Å²) in [6, 6.07) is 22.7. The van der Waals surface area contributed by atoms with E-state index in [-0.39, 0.29) is 17.7 Å². The molecule has 33 heavy (non-hydrogen) atoms. The van der Waals surface area contributed by atoms with Crippen LogP contribution >= 0.6 is 11.6 Å². The van der Waals surface area contributed by atoms with Gasteiger partial charge in [-0.15, -0.1) is 0 Å². The van der Waals surface area contributed by atoms with E-state index in [0.717, 1.165) is 23.5 Å². The number of hydrogen-bond acceptors (Lipinski definition) is 3. The minimum atomic E-state index is -0.380. The first-order chi connectivity index (χ1) is 16.1. The molecule has 4 aromatic rings. The maximum atomic E-state index is 13.5. The smallest absolute Gasteiger partial charge is 0.223 e. The van der Waals surface area contributed by atoms with E-state index in [1.165, 1.54) is 5.56 Å². The number of fused-ring (bicyclic) bond motifs is 1. The van der Waals surface area contributed by atoms with Crippen molar-refractivity contribution in [3.8, 4) is 11.4 Å². The second-order valence-corrected chi connectivity index (χ2v) is 8.63. The minimum absolute atomic E-state index is 0.0245. The van der Waals surface area contributed by atoms with Crippen molar-refractivity contribution >= 4 is 17.5 Å². The molecular formula is C27H24ClN3O2. The number of aromatic nitrogens is 2. The van der Waals surface area contributed by atoms with Gasteiger partial charge >= 0.3 is 0 Å². The highest BCUT2D eigenvalue weighted by molar-refractivity contribution is 6.30.